The fraction of sp³-hybridized carbons (Fsp3) is 0.400. The molecule has 0 aromatic carbocycles. The minimum Gasteiger partial charge on any atom is -0.293 e. The van der Waals surface area contributed by atoms with E-state index in [1.165, 1.54) is 12.3 Å². The van der Waals surface area contributed by atoms with Crippen LogP contribution in [0.2, 0.25) is 0 Å². The minimum absolute atomic E-state index is 0.0598. The molecule has 0 radical (unpaired) electrons. The Bertz CT molecular complexity index is 317. The van der Waals surface area contributed by atoms with Gasteiger partial charge in [-0.05, 0) is 18.2 Å². The lowest BCUT2D eigenvalue weighted by Gasteiger charge is -1.99. The van der Waals surface area contributed by atoms with E-state index in [2.05, 4.69) is 11.9 Å². The summed E-state index contributed by atoms with van der Waals surface area (Å²) in [6, 6.07) is 1.22. The van der Waals surface area contributed by atoms with Crippen LogP contribution in [0.25, 0.3) is 0 Å². The van der Waals surface area contributed by atoms with E-state index in [0.717, 1.165) is 18.4 Å². The molecule has 1 rings (SSSR count). The lowest BCUT2D eigenvalue weighted by Crippen LogP contribution is -2.03. The molecule has 4 heteroatoms. The molecule has 76 valence electrons. The molecule has 0 unspecified atom stereocenters. The first-order chi connectivity index (χ1) is 6.74. The van der Waals surface area contributed by atoms with E-state index in [1.54, 1.807) is 11.8 Å². The molecule has 0 aliphatic rings. The van der Waals surface area contributed by atoms with Gasteiger partial charge in [-0.1, -0.05) is 6.92 Å². The zero-order valence-corrected chi connectivity index (χ0v) is 8.81. The van der Waals surface area contributed by atoms with Crippen molar-refractivity contribution in [2.45, 2.75) is 13.3 Å². The van der Waals surface area contributed by atoms with Gasteiger partial charge in [-0.3, -0.25) is 9.78 Å². The average molecular weight is 213 g/mol. The van der Waals surface area contributed by atoms with Crippen molar-refractivity contribution in [3.05, 3.63) is 29.8 Å². The van der Waals surface area contributed by atoms with E-state index in [9.17, 15) is 9.18 Å². The second-order valence-corrected chi connectivity index (χ2v) is 3.97. The van der Waals surface area contributed by atoms with Gasteiger partial charge in [0.25, 0.3) is 0 Å². The summed E-state index contributed by atoms with van der Waals surface area (Å²) >= 11 is 1.56. The molecule has 0 atom stereocenters. The fourth-order valence-corrected chi connectivity index (χ4v) is 1.74. The van der Waals surface area contributed by atoms with Crippen LogP contribution in [0.1, 0.15) is 23.7 Å². The largest absolute Gasteiger partial charge is 0.293 e. The Hall–Kier alpha value is -0.900. The van der Waals surface area contributed by atoms with Gasteiger partial charge >= 0.3 is 0 Å². The maximum Gasteiger partial charge on any atom is 0.174 e. The van der Waals surface area contributed by atoms with Crippen molar-refractivity contribution in [3.8, 4) is 0 Å². The summed E-state index contributed by atoms with van der Waals surface area (Å²) in [5.74, 6) is 0.833. The lowest BCUT2D eigenvalue weighted by atomic mass is 10.2. The normalized spacial score (nSPS) is 10.1. The van der Waals surface area contributed by atoms with Gasteiger partial charge in [0.1, 0.15) is 5.82 Å². The number of aromatic nitrogens is 1. The zero-order valence-electron chi connectivity index (χ0n) is 8.00. The number of hydrogen-bond acceptors (Lipinski definition) is 3. The van der Waals surface area contributed by atoms with Gasteiger partial charge in [-0.15, -0.1) is 0 Å². The molecule has 0 N–H and O–H groups in total. The molecule has 0 bridgehead atoms. The van der Waals surface area contributed by atoms with Gasteiger partial charge in [0, 0.05) is 11.8 Å². The van der Waals surface area contributed by atoms with Gasteiger partial charge in [0.15, 0.2) is 5.78 Å². The lowest BCUT2D eigenvalue weighted by molar-refractivity contribution is 0.102. The topological polar surface area (TPSA) is 30.0 Å². The Morgan fingerprint density at radius 1 is 1.57 bits per heavy atom. The van der Waals surface area contributed by atoms with Crippen LogP contribution in [0.15, 0.2) is 18.5 Å². The van der Waals surface area contributed by atoms with E-state index in [-0.39, 0.29) is 5.78 Å². The molecule has 14 heavy (non-hydrogen) atoms. The second kappa shape index (κ2) is 5.75. The van der Waals surface area contributed by atoms with Crippen molar-refractivity contribution in [3.63, 3.8) is 0 Å². The Morgan fingerprint density at radius 2 is 2.36 bits per heavy atom. The predicted octanol–water partition coefficient (Wildman–Crippen LogP) is 2.55. The van der Waals surface area contributed by atoms with E-state index < -0.39 is 5.82 Å². The summed E-state index contributed by atoms with van der Waals surface area (Å²) in [4.78, 5) is 15.1. The molecule has 1 heterocycles. The van der Waals surface area contributed by atoms with Gasteiger partial charge in [0.2, 0.25) is 0 Å². The van der Waals surface area contributed by atoms with Crippen LogP contribution in [-0.4, -0.2) is 22.3 Å². The standard InChI is InChI=1S/C10H12FNOS/c1-2-3-14-7-10(13)8-4-9(11)6-12-5-8/h4-6H,2-3,7H2,1H3. The summed E-state index contributed by atoms with van der Waals surface area (Å²) in [6.07, 6.45) is 3.53. The van der Waals surface area contributed by atoms with Crippen molar-refractivity contribution < 1.29 is 9.18 Å². The number of thioether (sulfide) groups is 1. The number of hydrogen-bond donors (Lipinski definition) is 0. The number of carbonyl (C=O) groups is 1. The molecule has 0 saturated carbocycles. The average Bonchev–Trinajstić information content (AvgIpc) is 2.18. The first kappa shape index (κ1) is 11.2. The van der Waals surface area contributed by atoms with Crippen LogP contribution in [0.4, 0.5) is 4.39 Å². The summed E-state index contributed by atoms with van der Waals surface area (Å²) in [5.41, 5.74) is 0.355. The number of carbonyl (C=O) groups excluding carboxylic acids is 1. The van der Waals surface area contributed by atoms with E-state index >= 15 is 0 Å². The second-order valence-electron chi connectivity index (χ2n) is 2.87. The van der Waals surface area contributed by atoms with Crippen LogP contribution < -0.4 is 0 Å². The summed E-state index contributed by atoms with van der Waals surface area (Å²) in [7, 11) is 0. The third kappa shape index (κ3) is 3.46. The molecular weight excluding hydrogens is 201 g/mol. The molecule has 2 nitrogen and oxygen atoms in total. The van der Waals surface area contributed by atoms with Crippen molar-refractivity contribution in [1.29, 1.82) is 0 Å². The predicted molar refractivity (Wildman–Crippen MR) is 56.1 cm³/mol. The van der Waals surface area contributed by atoms with Gasteiger partial charge in [0.05, 0.1) is 11.9 Å². The van der Waals surface area contributed by atoms with Crippen LogP contribution in [-0.2, 0) is 0 Å². The van der Waals surface area contributed by atoms with E-state index in [0.29, 0.717) is 11.3 Å². The van der Waals surface area contributed by atoms with E-state index in [1.807, 2.05) is 0 Å². The molecular formula is C10H12FNOS. The fourth-order valence-electron chi connectivity index (χ4n) is 0.957. The highest BCUT2D eigenvalue weighted by molar-refractivity contribution is 7.99. The highest BCUT2D eigenvalue weighted by Crippen LogP contribution is 2.08. The van der Waals surface area contributed by atoms with Crippen LogP contribution in [0.3, 0.4) is 0 Å². The van der Waals surface area contributed by atoms with Crippen molar-refractivity contribution in [2.75, 3.05) is 11.5 Å². The Kier molecular flexibility index (Phi) is 4.59. The Labute approximate surface area is 86.9 Å². The van der Waals surface area contributed by atoms with Crippen molar-refractivity contribution in [2.24, 2.45) is 0 Å². The first-order valence-corrected chi connectivity index (χ1v) is 5.61. The molecule has 1 aromatic rings. The summed E-state index contributed by atoms with van der Waals surface area (Å²) in [5, 5.41) is 0. The minimum atomic E-state index is -0.462. The van der Waals surface area contributed by atoms with Crippen LogP contribution in [0, 0.1) is 5.82 Å². The van der Waals surface area contributed by atoms with Crippen molar-refractivity contribution >= 4 is 17.5 Å². The SMILES string of the molecule is CCCSCC(=O)c1cncc(F)c1. The maximum absolute atomic E-state index is 12.7. The number of pyridine rings is 1. The smallest absolute Gasteiger partial charge is 0.174 e. The number of ketones is 1. The third-order valence-corrected chi connectivity index (χ3v) is 2.77. The number of Topliss-reactive ketones (excluding diaryl/α,β-unsaturated/α-hetero) is 1. The molecule has 0 spiro atoms. The Morgan fingerprint density at radius 3 is 3.00 bits per heavy atom. The molecule has 0 saturated heterocycles. The molecule has 0 fully saturated rings. The maximum atomic E-state index is 12.7. The molecule has 0 amide bonds. The Balaban J connectivity index is 2.52. The zero-order chi connectivity index (χ0) is 10.4. The molecule has 1 aromatic heterocycles. The summed E-state index contributed by atoms with van der Waals surface area (Å²) < 4.78 is 12.7. The van der Waals surface area contributed by atoms with Gasteiger partial charge < -0.3 is 0 Å². The quantitative estimate of drug-likeness (QED) is 0.556. The number of rotatable bonds is 5. The first-order valence-electron chi connectivity index (χ1n) is 4.45. The molecule has 0 aliphatic heterocycles. The van der Waals surface area contributed by atoms with Gasteiger partial charge in [-0.2, -0.15) is 11.8 Å². The highest BCUT2D eigenvalue weighted by Gasteiger charge is 2.06. The third-order valence-electron chi connectivity index (χ3n) is 1.61. The monoisotopic (exact) mass is 213 g/mol. The van der Waals surface area contributed by atoms with Crippen molar-refractivity contribution in [1.82, 2.24) is 4.98 Å². The highest BCUT2D eigenvalue weighted by atomic mass is 32.2. The van der Waals surface area contributed by atoms with E-state index in [4.69, 9.17) is 0 Å². The van der Waals surface area contributed by atoms with Crippen LogP contribution in [0.5, 0.6) is 0 Å². The molecule has 0 aliphatic carbocycles. The van der Waals surface area contributed by atoms with Crippen LogP contribution >= 0.6 is 11.8 Å². The number of halogens is 1. The van der Waals surface area contributed by atoms with Gasteiger partial charge in [-0.25, -0.2) is 4.39 Å². The number of nitrogens with zero attached hydrogens (tertiary/aromatic N) is 1. The summed E-state index contributed by atoms with van der Waals surface area (Å²) in [6.45, 7) is 2.06.